The normalized spacial score (nSPS) is 15.8. The number of rotatable bonds is 4. The predicted molar refractivity (Wildman–Crippen MR) is 142 cm³/mol. The van der Waals surface area contributed by atoms with Crippen molar-refractivity contribution in [3.8, 4) is 0 Å². The molecular weight excluding hydrogens is 512 g/mol. The van der Waals surface area contributed by atoms with Crippen LogP contribution in [0.1, 0.15) is 20.8 Å². The van der Waals surface area contributed by atoms with Crippen LogP contribution >= 0.6 is 0 Å². The van der Waals surface area contributed by atoms with Crippen LogP contribution in [0.4, 0.5) is 27.5 Å². The maximum absolute atomic E-state index is 12.3. The highest BCUT2D eigenvalue weighted by Gasteiger charge is 2.31. The third kappa shape index (κ3) is 7.95. The second kappa shape index (κ2) is 12.3. The number of hydrogen-bond acceptors (Lipinski definition) is 9. The van der Waals surface area contributed by atoms with Gasteiger partial charge in [0.25, 0.3) is 11.4 Å². The van der Waals surface area contributed by atoms with E-state index in [0.29, 0.717) is 31.0 Å². The van der Waals surface area contributed by atoms with Crippen LogP contribution in [0, 0.1) is 20.2 Å². The Bertz CT molecular complexity index is 1260. The van der Waals surface area contributed by atoms with E-state index in [1.165, 1.54) is 40.1 Å². The first-order chi connectivity index (χ1) is 18.4. The van der Waals surface area contributed by atoms with Gasteiger partial charge >= 0.3 is 6.09 Å². The number of nitro benzene ring substituents is 2. The van der Waals surface area contributed by atoms with Crippen molar-refractivity contribution in [1.29, 1.82) is 0 Å². The summed E-state index contributed by atoms with van der Waals surface area (Å²) in [5.41, 5.74) is 0.333. The molecular formula is C25H30N6O8. The number of hydrogen-bond donors (Lipinski definition) is 1. The minimum Gasteiger partial charge on any atom is -0.444 e. The summed E-state index contributed by atoms with van der Waals surface area (Å²) < 4.78 is 5.24. The number of piperazine rings is 2. The highest BCUT2D eigenvalue weighted by molar-refractivity contribution is 5.97. The minimum absolute atomic E-state index is 0.00355. The number of carbonyl (C=O) groups excluding carboxylic acids is 3. The Hall–Kier alpha value is -4.59. The van der Waals surface area contributed by atoms with Crippen molar-refractivity contribution in [2.75, 3.05) is 49.1 Å². The lowest BCUT2D eigenvalue weighted by molar-refractivity contribution is -0.385. The van der Waals surface area contributed by atoms with Gasteiger partial charge < -0.3 is 19.9 Å². The Morgan fingerprint density at radius 2 is 1.41 bits per heavy atom. The lowest BCUT2D eigenvalue weighted by Crippen LogP contribution is -2.53. The minimum atomic E-state index is -0.628. The van der Waals surface area contributed by atoms with E-state index in [-0.39, 0.29) is 42.8 Å². The zero-order valence-corrected chi connectivity index (χ0v) is 21.9. The number of benzene rings is 2. The molecule has 14 heteroatoms. The van der Waals surface area contributed by atoms with Gasteiger partial charge in [0.2, 0.25) is 11.8 Å². The Kier molecular flexibility index (Phi) is 9.14. The van der Waals surface area contributed by atoms with Crippen LogP contribution in [0.25, 0.3) is 0 Å². The number of carbonyl (C=O) groups is 3. The summed E-state index contributed by atoms with van der Waals surface area (Å²) in [5, 5.41) is 24.4. The van der Waals surface area contributed by atoms with E-state index in [1.54, 1.807) is 43.9 Å². The molecule has 2 fully saturated rings. The molecule has 0 bridgehead atoms. The third-order valence-electron chi connectivity index (χ3n) is 5.67. The van der Waals surface area contributed by atoms with Gasteiger partial charge in [0.1, 0.15) is 12.1 Å². The summed E-state index contributed by atoms with van der Waals surface area (Å²) in [7, 11) is 0. The zero-order chi connectivity index (χ0) is 28.7. The quantitative estimate of drug-likeness (QED) is 0.451. The zero-order valence-electron chi connectivity index (χ0n) is 21.9. The van der Waals surface area contributed by atoms with Crippen LogP contribution in [0.3, 0.4) is 0 Å². The van der Waals surface area contributed by atoms with Gasteiger partial charge in [-0.25, -0.2) is 4.79 Å². The maximum atomic E-state index is 12.3. The average Bonchev–Trinajstić information content (AvgIpc) is 2.88. The summed E-state index contributed by atoms with van der Waals surface area (Å²) in [6.07, 6.45) is -0.537. The Balaban J connectivity index is 0.000000230. The van der Waals surface area contributed by atoms with Gasteiger partial charge in [0, 0.05) is 50.4 Å². The summed E-state index contributed by atoms with van der Waals surface area (Å²) in [5.74, 6) is -0.366. The van der Waals surface area contributed by atoms with Gasteiger partial charge in [0.05, 0.1) is 27.8 Å². The Labute approximate surface area is 224 Å². The van der Waals surface area contributed by atoms with E-state index in [0.717, 1.165) is 0 Å². The summed E-state index contributed by atoms with van der Waals surface area (Å²) in [6.45, 7) is 7.25. The van der Waals surface area contributed by atoms with Crippen molar-refractivity contribution in [3.05, 3.63) is 68.8 Å². The van der Waals surface area contributed by atoms with E-state index in [4.69, 9.17) is 4.74 Å². The van der Waals surface area contributed by atoms with Crippen molar-refractivity contribution < 1.29 is 29.0 Å². The monoisotopic (exact) mass is 542 g/mol. The molecule has 4 rings (SSSR count). The number of nitrogens with one attached hydrogen (secondary N) is 1. The molecule has 2 heterocycles. The molecule has 2 aromatic carbocycles. The molecule has 0 spiro atoms. The number of amides is 3. The standard InChI is InChI=1S/C15H19N3O5.C10H11N3O3/c1-15(2,3)23-14(20)16-7-8-17(13(19)10-16)11-5-4-6-12(9-11)18(21)22;14-10-7-11-4-5-12(10)8-2-1-3-9(6-8)13(15)16/h4-6,9H,7-8,10H2,1-3H3;1-3,6,11H,4-5,7H2. The highest BCUT2D eigenvalue weighted by Crippen LogP contribution is 2.24. The van der Waals surface area contributed by atoms with Crippen LogP contribution in [0.2, 0.25) is 0 Å². The van der Waals surface area contributed by atoms with E-state index in [1.807, 2.05) is 0 Å². The largest absolute Gasteiger partial charge is 0.444 e. The second-order valence-electron chi connectivity index (χ2n) is 9.72. The van der Waals surface area contributed by atoms with Crippen molar-refractivity contribution in [1.82, 2.24) is 10.2 Å². The number of non-ortho nitro benzene ring substituents is 2. The fraction of sp³-hybridized carbons (Fsp3) is 0.400. The van der Waals surface area contributed by atoms with E-state index in [2.05, 4.69) is 5.32 Å². The summed E-state index contributed by atoms with van der Waals surface area (Å²) in [6, 6.07) is 12.0. The molecule has 0 saturated carbocycles. The third-order valence-corrected chi connectivity index (χ3v) is 5.67. The van der Waals surface area contributed by atoms with Crippen molar-refractivity contribution >= 4 is 40.7 Å². The Morgan fingerprint density at radius 1 is 0.872 bits per heavy atom. The molecule has 0 unspecified atom stereocenters. The van der Waals surface area contributed by atoms with Gasteiger partial charge in [-0.1, -0.05) is 12.1 Å². The molecule has 0 atom stereocenters. The molecule has 3 amide bonds. The molecule has 2 aliphatic rings. The second-order valence-corrected chi connectivity index (χ2v) is 9.72. The topological polar surface area (TPSA) is 168 Å². The van der Waals surface area contributed by atoms with Crippen molar-refractivity contribution in [2.45, 2.75) is 26.4 Å². The molecule has 0 aliphatic carbocycles. The lowest BCUT2D eigenvalue weighted by Gasteiger charge is -2.35. The lowest BCUT2D eigenvalue weighted by atomic mass is 10.2. The van der Waals surface area contributed by atoms with Crippen LogP contribution in [-0.2, 0) is 14.3 Å². The van der Waals surface area contributed by atoms with Crippen molar-refractivity contribution in [2.24, 2.45) is 0 Å². The van der Waals surface area contributed by atoms with E-state index >= 15 is 0 Å². The predicted octanol–water partition coefficient (Wildman–Crippen LogP) is 2.71. The first-order valence-electron chi connectivity index (χ1n) is 12.1. The van der Waals surface area contributed by atoms with Crippen LogP contribution in [0.5, 0.6) is 0 Å². The van der Waals surface area contributed by atoms with Gasteiger partial charge in [-0.3, -0.25) is 34.7 Å². The molecule has 208 valence electrons. The van der Waals surface area contributed by atoms with Gasteiger partial charge in [0.15, 0.2) is 0 Å². The molecule has 14 nitrogen and oxygen atoms in total. The first-order valence-corrected chi connectivity index (χ1v) is 12.1. The SMILES string of the molecule is CC(C)(C)OC(=O)N1CCN(c2cccc([N+](=O)[O-])c2)C(=O)C1.O=C1CNCCN1c1cccc([N+](=O)[O-])c1. The van der Waals surface area contributed by atoms with Gasteiger partial charge in [-0.05, 0) is 32.9 Å². The van der Waals surface area contributed by atoms with Crippen LogP contribution in [-0.4, -0.2) is 77.5 Å². The van der Waals surface area contributed by atoms with E-state index in [9.17, 15) is 34.6 Å². The fourth-order valence-corrected chi connectivity index (χ4v) is 3.86. The maximum Gasteiger partial charge on any atom is 0.410 e. The number of ether oxygens (including phenoxy) is 1. The number of nitrogens with zero attached hydrogens (tertiary/aromatic N) is 5. The van der Waals surface area contributed by atoms with Gasteiger partial charge in [-0.15, -0.1) is 0 Å². The highest BCUT2D eigenvalue weighted by atomic mass is 16.6. The molecule has 39 heavy (non-hydrogen) atoms. The summed E-state index contributed by atoms with van der Waals surface area (Å²) >= 11 is 0. The molecule has 0 radical (unpaired) electrons. The van der Waals surface area contributed by atoms with Gasteiger partial charge in [-0.2, -0.15) is 0 Å². The summed E-state index contributed by atoms with van der Waals surface area (Å²) in [4.78, 5) is 60.6. The molecule has 1 N–H and O–H groups in total. The van der Waals surface area contributed by atoms with E-state index < -0.39 is 21.5 Å². The first kappa shape index (κ1) is 29.0. The Morgan fingerprint density at radius 3 is 1.87 bits per heavy atom. The number of anilines is 2. The van der Waals surface area contributed by atoms with Crippen molar-refractivity contribution in [3.63, 3.8) is 0 Å². The molecule has 2 saturated heterocycles. The molecule has 0 aromatic heterocycles. The number of nitro groups is 2. The van der Waals surface area contributed by atoms with Crippen LogP contribution < -0.4 is 15.1 Å². The average molecular weight is 543 g/mol. The fourth-order valence-electron chi connectivity index (χ4n) is 3.86. The molecule has 2 aliphatic heterocycles. The molecule has 2 aromatic rings. The van der Waals surface area contributed by atoms with Crippen LogP contribution in [0.15, 0.2) is 48.5 Å². The smallest absolute Gasteiger partial charge is 0.410 e.